The molecule has 1 unspecified atom stereocenters. The number of nitrogens with zero attached hydrogens (tertiary/aromatic N) is 6. The van der Waals surface area contributed by atoms with Gasteiger partial charge in [-0.3, -0.25) is 4.68 Å². The highest BCUT2D eigenvalue weighted by atomic mass is 32.2. The molecule has 32 heavy (non-hydrogen) atoms. The van der Waals surface area contributed by atoms with Crippen molar-refractivity contribution in [3.63, 3.8) is 0 Å². The third-order valence-corrected chi connectivity index (χ3v) is 7.68. The van der Waals surface area contributed by atoms with E-state index in [4.69, 9.17) is 16.5 Å². The Bertz CT molecular complexity index is 1160. The zero-order valence-electron chi connectivity index (χ0n) is 17.7. The van der Waals surface area contributed by atoms with E-state index in [1.165, 1.54) is 6.20 Å². The fourth-order valence-corrected chi connectivity index (χ4v) is 5.57. The Labute approximate surface area is 189 Å². The van der Waals surface area contributed by atoms with E-state index in [0.717, 1.165) is 49.9 Å². The van der Waals surface area contributed by atoms with Gasteiger partial charge in [0.25, 0.3) is 0 Å². The van der Waals surface area contributed by atoms with E-state index >= 15 is 0 Å². The number of aliphatic hydroxyl groups excluding tert-OH is 1. The maximum absolute atomic E-state index is 14.3. The monoisotopic (exact) mass is 456 g/mol. The normalized spacial score (nSPS) is 19.5. The number of halogens is 1. The van der Waals surface area contributed by atoms with E-state index in [-0.39, 0.29) is 23.9 Å². The van der Waals surface area contributed by atoms with Gasteiger partial charge in [0.2, 0.25) is 0 Å². The number of nitrogen functional groups attached to an aromatic ring is 1. The van der Waals surface area contributed by atoms with Crippen LogP contribution in [0.15, 0.2) is 34.4 Å². The Kier molecular flexibility index (Phi) is 5.26. The van der Waals surface area contributed by atoms with Gasteiger partial charge in [-0.1, -0.05) is 11.8 Å². The fraction of sp³-hybridized carbons (Fsp3) is 0.429. The van der Waals surface area contributed by atoms with Gasteiger partial charge in [-0.15, -0.1) is 0 Å². The molecule has 1 atom stereocenters. The maximum atomic E-state index is 14.3. The van der Waals surface area contributed by atoms with E-state index in [0.29, 0.717) is 27.1 Å². The lowest BCUT2D eigenvalue weighted by Crippen LogP contribution is -2.45. The minimum absolute atomic E-state index is 0.00343. The largest absolute Gasteiger partial charge is 0.390 e. The highest BCUT2D eigenvalue weighted by molar-refractivity contribution is 7.99. The summed E-state index contributed by atoms with van der Waals surface area (Å²) in [4.78, 5) is 15.6. The van der Waals surface area contributed by atoms with Crippen molar-refractivity contribution in [2.75, 3.05) is 23.7 Å². The molecule has 5 rings (SSSR count). The fourth-order valence-electron chi connectivity index (χ4n) is 4.69. The Balaban J connectivity index is 1.36. The molecule has 0 aliphatic carbocycles. The number of piperidine rings is 1. The number of aryl methyl sites for hydroxylation is 1. The second-order valence-corrected chi connectivity index (χ2v) is 9.42. The summed E-state index contributed by atoms with van der Waals surface area (Å²) in [6.45, 7) is 3.94. The van der Waals surface area contributed by atoms with Gasteiger partial charge in [-0.2, -0.15) is 5.10 Å². The summed E-state index contributed by atoms with van der Waals surface area (Å²) in [5, 5.41) is 14.9. The molecular formula is C21H25FN8OS. The van der Waals surface area contributed by atoms with Crippen LogP contribution in [0, 0.1) is 18.2 Å². The van der Waals surface area contributed by atoms with Crippen LogP contribution < -0.4 is 16.4 Å². The molecule has 5 heterocycles. The summed E-state index contributed by atoms with van der Waals surface area (Å²) in [7, 11) is 0. The Morgan fingerprint density at radius 1 is 1.25 bits per heavy atom. The van der Waals surface area contributed by atoms with Crippen LogP contribution >= 0.6 is 11.8 Å². The van der Waals surface area contributed by atoms with Crippen LogP contribution in [0.2, 0.25) is 0 Å². The van der Waals surface area contributed by atoms with E-state index in [2.05, 4.69) is 20.0 Å². The van der Waals surface area contributed by atoms with Gasteiger partial charge in [0.15, 0.2) is 17.5 Å². The van der Waals surface area contributed by atoms with Gasteiger partial charge < -0.3 is 21.5 Å². The van der Waals surface area contributed by atoms with Crippen LogP contribution in [-0.4, -0.2) is 42.9 Å². The lowest BCUT2D eigenvalue weighted by Gasteiger charge is -2.42. The van der Waals surface area contributed by atoms with E-state index in [1.807, 2.05) is 17.7 Å². The maximum Gasteiger partial charge on any atom is 0.179 e. The number of anilines is 2. The lowest BCUT2D eigenvalue weighted by atomic mass is 9.73. The zero-order valence-corrected chi connectivity index (χ0v) is 18.5. The third kappa shape index (κ3) is 3.40. The van der Waals surface area contributed by atoms with Crippen LogP contribution in [0.4, 0.5) is 16.0 Å². The summed E-state index contributed by atoms with van der Waals surface area (Å²) in [5.41, 5.74) is 14.4. The van der Waals surface area contributed by atoms with Crippen molar-refractivity contribution in [3.8, 4) is 0 Å². The smallest absolute Gasteiger partial charge is 0.179 e. The number of hydrogen-bond acceptors (Lipinski definition) is 9. The molecule has 168 valence electrons. The second kappa shape index (κ2) is 7.98. The molecule has 1 fully saturated rings. The first-order valence-corrected chi connectivity index (χ1v) is 11.3. The quantitative estimate of drug-likeness (QED) is 0.539. The zero-order chi connectivity index (χ0) is 22.5. The van der Waals surface area contributed by atoms with Gasteiger partial charge in [0, 0.05) is 37.4 Å². The van der Waals surface area contributed by atoms with Crippen molar-refractivity contribution in [2.45, 2.75) is 48.9 Å². The van der Waals surface area contributed by atoms with Gasteiger partial charge in [-0.25, -0.2) is 19.3 Å². The van der Waals surface area contributed by atoms with Crippen LogP contribution in [0.5, 0.6) is 0 Å². The second-order valence-electron chi connectivity index (χ2n) is 8.39. The lowest BCUT2D eigenvalue weighted by molar-refractivity contribution is 0.170. The van der Waals surface area contributed by atoms with Crippen molar-refractivity contribution in [1.82, 2.24) is 24.7 Å². The number of rotatable bonds is 4. The molecular weight excluding hydrogens is 431 g/mol. The summed E-state index contributed by atoms with van der Waals surface area (Å²) in [6.07, 6.45) is 5.06. The molecule has 0 bridgehead atoms. The summed E-state index contributed by atoms with van der Waals surface area (Å²) >= 11 is 1.12. The number of hydrogen-bond donors (Lipinski definition) is 3. The predicted molar refractivity (Wildman–Crippen MR) is 118 cm³/mol. The molecule has 0 saturated carbocycles. The molecule has 3 aromatic heterocycles. The molecule has 5 N–H and O–H groups in total. The first-order chi connectivity index (χ1) is 15.4. The number of pyridine rings is 1. The topological polar surface area (TPSA) is 132 Å². The van der Waals surface area contributed by atoms with Crippen molar-refractivity contribution in [2.24, 2.45) is 11.1 Å². The molecule has 0 aromatic carbocycles. The third-order valence-electron chi connectivity index (χ3n) is 6.57. The molecule has 1 saturated heterocycles. The SMILES string of the molecule is Cc1nc(N2CCC3(CC2)Cn2nccc2C3N)c(CO)nc1Sc1ccnc(N)c1F. The minimum atomic E-state index is -0.581. The van der Waals surface area contributed by atoms with E-state index in [9.17, 15) is 9.50 Å². The average molecular weight is 457 g/mol. The highest BCUT2D eigenvalue weighted by Crippen LogP contribution is 2.48. The summed E-state index contributed by atoms with van der Waals surface area (Å²) in [6, 6.07) is 3.52. The van der Waals surface area contributed by atoms with Crippen molar-refractivity contribution < 1.29 is 9.50 Å². The van der Waals surface area contributed by atoms with Crippen molar-refractivity contribution >= 4 is 23.4 Å². The molecule has 3 aromatic rings. The molecule has 11 heteroatoms. The van der Waals surface area contributed by atoms with Gasteiger partial charge in [0.1, 0.15) is 10.7 Å². The minimum Gasteiger partial charge on any atom is -0.390 e. The molecule has 2 aliphatic heterocycles. The van der Waals surface area contributed by atoms with Crippen molar-refractivity contribution in [3.05, 3.63) is 47.4 Å². The standard InChI is InChI=1S/C21H25FN8OS/c1-12-20(32-15-3-6-25-18(24)16(15)22)28-13(10-31)19(27-12)29-8-4-21(5-9-29)11-30-14(17(21)23)2-7-26-30/h2-3,6-7,17,31H,4-5,8-11,23H2,1H3,(H2,24,25). The first kappa shape index (κ1) is 21.1. The van der Waals surface area contributed by atoms with E-state index < -0.39 is 5.82 Å². The van der Waals surface area contributed by atoms with Crippen LogP contribution in [0.3, 0.4) is 0 Å². The molecule has 1 spiro atoms. The molecule has 9 nitrogen and oxygen atoms in total. The summed E-state index contributed by atoms with van der Waals surface area (Å²) < 4.78 is 16.3. The molecule has 0 amide bonds. The van der Waals surface area contributed by atoms with Gasteiger partial charge >= 0.3 is 0 Å². The Morgan fingerprint density at radius 3 is 2.75 bits per heavy atom. The van der Waals surface area contributed by atoms with Crippen LogP contribution in [-0.2, 0) is 13.2 Å². The van der Waals surface area contributed by atoms with Crippen LogP contribution in [0.25, 0.3) is 0 Å². The first-order valence-electron chi connectivity index (χ1n) is 10.5. The average Bonchev–Trinajstić information content (AvgIpc) is 3.34. The van der Waals surface area contributed by atoms with Gasteiger partial charge in [0.05, 0.1) is 28.9 Å². The van der Waals surface area contributed by atoms with E-state index in [1.54, 1.807) is 12.3 Å². The number of aliphatic hydroxyl groups is 1. The molecule has 0 radical (unpaired) electrons. The van der Waals surface area contributed by atoms with Gasteiger partial charge in [-0.05, 0) is 31.9 Å². The number of nitrogens with two attached hydrogens (primary N) is 2. The number of fused-ring (bicyclic) bond motifs is 1. The Morgan fingerprint density at radius 2 is 2.03 bits per heavy atom. The number of aromatic nitrogens is 5. The predicted octanol–water partition coefficient (Wildman–Crippen LogP) is 2.04. The summed E-state index contributed by atoms with van der Waals surface area (Å²) in [5.74, 6) is -0.0698. The van der Waals surface area contributed by atoms with Crippen LogP contribution in [0.1, 0.15) is 36.0 Å². The Hall–Kier alpha value is -2.76. The highest BCUT2D eigenvalue weighted by Gasteiger charge is 2.47. The molecule has 2 aliphatic rings. The van der Waals surface area contributed by atoms with Crippen molar-refractivity contribution in [1.29, 1.82) is 0 Å².